The molecular weight excluding hydrogens is 227 g/mol. The van der Waals surface area contributed by atoms with Crippen LogP contribution in [0.1, 0.15) is 10.9 Å². The van der Waals surface area contributed by atoms with Crippen molar-refractivity contribution in [3.05, 3.63) is 21.3 Å². The molecule has 6 heteroatoms. The van der Waals surface area contributed by atoms with Gasteiger partial charge < -0.3 is 5.73 Å². The van der Waals surface area contributed by atoms with E-state index in [1.165, 1.54) is 6.07 Å². The Morgan fingerprint density at radius 2 is 2.00 bits per heavy atom. The van der Waals surface area contributed by atoms with Crippen molar-refractivity contribution in [2.24, 2.45) is 5.73 Å². The average Bonchev–Trinajstić information content (AvgIpc) is 2.34. The van der Waals surface area contributed by atoms with Gasteiger partial charge in [0.2, 0.25) is 0 Å². The van der Waals surface area contributed by atoms with Gasteiger partial charge in [-0.05, 0) is 12.1 Å². The van der Waals surface area contributed by atoms with Gasteiger partial charge in [-0.3, -0.25) is 0 Å². The highest BCUT2D eigenvalue weighted by molar-refractivity contribution is 7.16. The van der Waals surface area contributed by atoms with E-state index in [1.54, 1.807) is 6.07 Å². The van der Waals surface area contributed by atoms with Crippen LogP contribution in [-0.4, -0.2) is 6.43 Å². The molecule has 0 aliphatic carbocycles. The first-order valence-corrected chi connectivity index (χ1v) is 4.09. The summed E-state index contributed by atoms with van der Waals surface area (Å²) in [7, 11) is 0. The van der Waals surface area contributed by atoms with Crippen molar-refractivity contribution in [3.8, 4) is 0 Å². The van der Waals surface area contributed by atoms with Gasteiger partial charge >= 0.3 is 0 Å². The normalized spacial score (nSPS) is 12.8. The predicted octanol–water partition coefficient (Wildman–Crippen LogP) is 3.09. The third kappa shape index (κ3) is 2.86. The van der Waals surface area contributed by atoms with Crippen molar-refractivity contribution in [3.63, 3.8) is 0 Å². The Hall–Kier alpha value is 0.1000. The summed E-state index contributed by atoms with van der Waals surface area (Å²) in [6.45, 7) is 0. The minimum Gasteiger partial charge on any atom is -0.319 e. The van der Waals surface area contributed by atoms with E-state index in [9.17, 15) is 8.78 Å². The smallest absolute Gasteiger partial charge is 0.258 e. The molecule has 0 aliphatic heterocycles. The average molecular weight is 234 g/mol. The molecule has 12 heavy (non-hydrogen) atoms. The van der Waals surface area contributed by atoms with Gasteiger partial charge in [-0.25, -0.2) is 8.78 Å². The van der Waals surface area contributed by atoms with Crippen molar-refractivity contribution >= 4 is 35.3 Å². The summed E-state index contributed by atoms with van der Waals surface area (Å²) < 4.78 is 24.4. The second-order valence-corrected chi connectivity index (χ2v) is 3.75. The summed E-state index contributed by atoms with van der Waals surface area (Å²) in [5.41, 5.74) is 5.15. The SMILES string of the molecule is Cl.N[C@@H](c1ccc(Cl)s1)C(F)F. The van der Waals surface area contributed by atoms with Crippen LogP contribution < -0.4 is 5.73 Å². The molecule has 1 atom stereocenters. The highest BCUT2D eigenvalue weighted by Gasteiger charge is 2.18. The summed E-state index contributed by atoms with van der Waals surface area (Å²) >= 11 is 6.61. The lowest BCUT2D eigenvalue weighted by atomic mass is 10.3. The molecule has 70 valence electrons. The van der Waals surface area contributed by atoms with Crippen molar-refractivity contribution < 1.29 is 8.78 Å². The van der Waals surface area contributed by atoms with Crippen LogP contribution in [0.2, 0.25) is 4.34 Å². The number of alkyl halides is 2. The fourth-order valence-corrected chi connectivity index (χ4v) is 1.70. The monoisotopic (exact) mass is 233 g/mol. The highest BCUT2D eigenvalue weighted by Crippen LogP contribution is 2.28. The first-order valence-electron chi connectivity index (χ1n) is 2.90. The topological polar surface area (TPSA) is 26.0 Å². The van der Waals surface area contributed by atoms with Crippen LogP contribution in [0.25, 0.3) is 0 Å². The van der Waals surface area contributed by atoms with Crippen molar-refractivity contribution in [2.75, 3.05) is 0 Å². The molecule has 2 N–H and O–H groups in total. The Morgan fingerprint density at radius 3 is 2.33 bits per heavy atom. The molecule has 1 aromatic heterocycles. The Bertz CT molecular complexity index is 241. The highest BCUT2D eigenvalue weighted by atomic mass is 35.5. The van der Waals surface area contributed by atoms with Crippen molar-refractivity contribution in [2.45, 2.75) is 12.5 Å². The minimum atomic E-state index is -2.52. The molecule has 0 saturated carbocycles. The maximum Gasteiger partial charge on any atom is 0.258 e. The number of halogens is 4. The predicted molar refractivity (Wildman–Crippen MR) is 49.5 cm³/mol. The third-order valence-corrected chi connectivity index (χ3v) is 2.53. The lowest BCUT2D eigenvalue weighted by Gasteiger charge is -2.05. The fraction of sp³-hybridized carbons (Fsp3) is 0.333. The summed E-state index contributed by atoms with van der Waals surface area (Å²) in [4.78, 5) is 0.421. The Morgan fingerprint density at radius 1 is 1.42 bits per heavy atom. The first-order chi connectivity index (χ1) is 5.11. The molecule has 0 fully saturated rings. The zero-order valence-corrected chi connectivity index (χ0v) is 8.23. The molecule has 0 aliphatic rings. The Kier molecular flexibility index (Phi) is 5.01. The quantitative estimate of drug-likeness (QED) is 0.835. The second-order valence-electron chi connectivity index (χ2n) is 2.00. The Labute approximate surface area is 83.9 Å². The zero-order valence-electron chi connectivity index (χ0n) is 5.84. The van der Waals surface area contributed by atoms with E-state index in [1.807, 2.05) is 0 Å². The van der Waals surface area contributed by atoms with E-state index in [-0.39, 0.29) is 12.4 Å². The molecule has 0 spiro atoms. The van der Waals surface area contributed by atoms with Crippen LogP contribution in [0.3, 0.4) is 0 Å². The number of hydrogen-bond acceptors (Lipinski definition) is 2. The molecular formula is C6H7Cl2F2NS. The van der Waals surface area contributed by atoms with E-state index in [4.69, 9.17) is 17.3 Å². The zero-order chi connectivity index (χ0) is 8.43. The summed E-state index contributed by atoms with van der Waals surface area (Å²) in [6.07, 6.45) is -2.52. The van der Waals surface area contributed by atoms with Crippen LogP contribution >= 0.6 is 35.3 Å². The van der Waals surface area contributed by atoms with Crippen molar-refractivity contribution in [1.82, 2.24) is 0 Å². The molecule has 1 rings (SSSR count). The second kappa shape index (κ2) is 4.97. The molecule has 0 amide bonds. The number of hydrogen-bond donors (Lipinski definition) is 1. The van der Waals surface area contributed by atoms with Gasteiger partial charge in [0.15, 0.2) is 0 Å². The molecule has 0 bridgehead atoms. The van der Waals surface area contributed by atoms with Gasteiger partial charge in [-0.2, -0.15) is 0 Å². The van der Waals surface area contributed by atoms with Gasteiger partial charge in [-0.1, -0.05) is 11.6 Å². The van der Waals surface area contributed by atoms with Crippen LogP contribution in [-0.2, 0) is 0 Å². The molecule has 0 radical (unpaired) electrons. The maximum absolute atomic E-state index is 12.0. The van der Waals surface area contributed by atoms with E-state index in [2.05, 4.69) is 0 Å². The minimum absolute atomic E-state index is 0. The van der Waals surface area contributed by atoms with Gasteiger partial charge in [0, 0.05) is 4.88 Å². The summed E-state index contributed by atoms with van der Waals surface area (Å²) in [5, 5.41) is 0. The molecule has 0 aromatic carbocycles. The van der Waals surface area contributed by atoms with Crippen LogP contribution in [0, 0.1) is 0 Å². The largest absolute Gasteiger partial charge is 0.319 e. The van der Waals surface area contributed by atoms with Crippen LogP contribution in [0.4, 0.5) is 8.78 Å². The molecule has 0 saturated heterocycles. The standard InChI is InChI=1S/C6H6ClF2NS.ClH/c7-4-2-1-3(11-4)5(10)6(8)9;/h1-2,5-6H,10H2;1H/t5-;/m0./s1. The lowest BCUT2D eigenvalue weighted by Crippen LogP contribution is -2.17. The van der Waals surface area contributed by atoms with Gasteiger partial charge in [-0.15, -0.1) is 23.7 Å². The Balaban J connectivity index is 0.00000121. The van der Waals surface area contributed by atoms with Crippen LogP contribution in [0.15, 0.2) is 12.1 Å². The summed E-state index contributed by atoms with van der Waals surface area (Å²) in [6, 6.07) is 1.88. The van der Waals surface area contributed by atoms with E-state index < -0.39 is 12.5 Å². The van der Waals surface area contributed by atoms with E-state index in [0.717, 1.165) is 11.3 Å². The number of nitrogens with two attached hydrogens (primary N) is 1. The van der Waals surface area contributed by atoms with E-state index >= 15 is 0 Å². The third-order valence-electron chi connectivity index (χ3n) is 1.19. The van der Waals surface area contributed by atoms with Crippen LogP contribution in [0.5, 0.6) is 0 Å². The number of rotatable bonds is 2. The molecule has 1 heterocycles. The van der Waals surface area contributed by atoms with Crippen molar-refractivity contribution in [1.29, 1.82) is 0 Å². The van der Waals surface area contributed by atoms with Gasteiger partial charge in [0.05, 0.1) is 4.34 Å². The van der Waals surface area contributed by atoms with Gasteiger partial charge in [0.25, 0.3) is 6.43 Å². The van der Waals surface area contributed by atoms with Gasteiger partial charge in [0.1, 0.15) is 6.04 Å². The fourth-order valence-electron chi connectivity index (χ4n) is 0.632. The molecule has 1 nitrogen and oxygen atoms in total. The maximum atomic E-state index is 12.0. The lowest BCUT2D eigenvalue weighted by molar-refractivity contribution is 0.118. The molecule has 1 aromatic rings. The number of thiophene rings is 1. The summed E-state index contributed by atoms with van der Waals surface area (Å²) in [5.74, 6) is 0. The molecule has 0 unspecified atom stereocenters. The van der Waals surface area contributed by atoms with E-state index in [0.29, 0.717) is 9.21 Å². The first kappa shape index (κ1) is 12.1.